The second-order valence-electron chi connectivity index (χ2n) is 8.84. The lowest BCUT2D eigenvalue weighted by molar-refractivity contribution is -0.111. The quantitative estimate of drug-likeness (QED) is 0.320. The number of ether oxygens (including phenoxy) is 1. The summed E-state index contributed by atoms with van der Waals surface area (Å²) in [5, 5.41) is 9.32. The Labute approximate surface area is 219 Å². The van der Waals surface area contributed by atoms with E-state index >= 15 is 0 Å². The van der Waals surface area contributed by atoms with E-state index < -0.39 is 0 Å². The first-order valence-electron chi connectivity index (χ1n) is 12.2. The fourth-order valence-corrected chi connectivity index (χ4v) is 4.46. The van der Waals surface area contributed by atoms with E-state index in [1.54, 1.807) is 37.6 Å². The molecule has 1 fully saturated rings. The van der Waals surface area contributed by atoms with Crippen LogP contribution in [-0.4, -0.2) is 58.2 Å². The van der Waals surface area contributed by atoms with Crippen LogP contribution >= 0.6 is 0 Å². The van der Waals surface area contributed by atoms with Crippen molar-refractivity contribution in [1.29, 1.82) is 0 Å². The molecule has 3 N–H and O–H groups in total. The van der Waals surface area contributed by atoms with Crippen LogP contribution in [0.1, 0.15) is 6.92 Å². The van der Waals surface area contributed by atoms with Gasteiger partial charge in [-0.2, -0.15) is 4.98 Å². The molecule has 11 nitrogen and oxygen atoms in total. The molecular formula is C27H28N8O3. The Morgan fingerprint density at radius 3 is 2.84 bits per heavy atom. The fourth-order valence-electron chi connectivity index (χ4n) is 4.46. The Bertz CT molecular complexity index is 1570. The third-order valence-electron chi connectivity index (χ3n) is 6.30. The predicted molar refractivity (Wildman–Crippen MR) is 148 cm³/mol. The minimum atomic E-state index is -0.370. The molecule has 0 radical (unpaired) electrons. The van der Waals surface area contributed by atoms with Crippen molar-refractivity contribution in [3.8, 4) is 11.4 Å². The zero-order valence-electron chi connectivity index (χ0n) is 21.1. The molecule has 0 spiro atoms. The average Bonchev–Trinajstić information content (AvgIpc) is 2.93. The van der Waals surface area contributed by atoms with Gasteiger partial charge in [-0.3, -0.25) is 14.2 Å². The molecule has 2 aromatic carbocycles. The summed E-state index contributed by atoms with van der Waals surface area (Å²) in [6.45, 7) is 8.36. The van der Waals surface area contributed by atoms with Gasteiger partial charge in [-0.25, -0.2) is 9.97 Å². The van der Waals surface area contributed by atoms with Gasteiger partial charge < -0.3 is 25.6 Å². The summed E-state index contributed by atoms with van der Waals surface area (Å²) in [5.74, 6) is 0.678. The molecule has 1 atom stereocenters. The van der Waals surface area contributed by atoms with Crippen LogP contribution in [0.3, 0.4) is 0 Å². The maximum Gasteiger partial charge on any atom is 0.275 e. The topological polar surface area (TPSA) is 126 Å². The number of hydrogen-bond donors (Lipinski definition) is 3. The summed E-state index contributed by atoms with van der Waals surface area (Å²) in [6.07, 6.45) is 3.95. The summed E-state index contributed by atoms with van der Waals surface area (Å²) < 4.78 is 7.13. The number of fused-ring (bicyclic) bond motifs is 1. The van der Waals surface area contributed by atoms with Crippen molar-refractivity contribution in [2.24, 2.45) is 0 Å². The van der Waals surface area contributed by atoms with Gasteiger partial charge in [-0.15, -0.1) is 0 Å². The molecule has 1 amide bonds. The number of anilines is 4. The van der Waals surface area contributed by atoms with Crippen LogP contribution in [-0.2, 0) is 4.79 Å². The van der Waals surface area contributed by atoms with Crippen LogP contribution in [0.15, 0.2) is 72.3 Å². The van der Waals surface area contributed by atoms with Crippen molar-refractivity contribution in [2.45, 2.75) is 13.0 Å². The third-order valence-corrected chi connectivity index (χ3v) is 6.30. The lowest BCUT2D eigenvalue weighted by Crippen LogP contribution is -2.50. The van der Waals surface area contributed by atoms with Crippen LogP contribution in [0.25, 0.3) is 16.9 Å². The first-order chi connectivity index (χ1) is 18.5. The molecule has 0 saturated carbocycles. The van der Waals surface area contributed by atoms with Gasteiger partial charge in [0.15, 0.2) is 5.65 Å². The molecule has 0 aliphatic carbocycles. The number of rotatable bonds is 7. The van der Waals surface area contributed by atoms with Crippen LogP contribution in [0.4, 0.5) is 23.0 Å². The van der Waals surface area contributed by atoms with Crippen molar-refractivity contribution >= 4 is 40.1 Å². The van der Waals surface area contributed by atoms with Gasteiger partial charge in [-0.1, -0.05) is 12.6 Å². The second kappa shape index (κ2) is 10.7. The molecule has 1 aliphatic heterocycles. The molecule has 11 heteroatoms. The summed E-state index contributed by atoms with van der Waals surface area (Å²) in [4.78, 5) is 40.1. The number of hydrogen-bond acceptors (Lipinski definition) is 9. The van der Waals surface area contributed by atoms with E-state index in [4.69, 9.17) is 4.74 Å². The third kappa shape index (κ3) is 5.04. The number of benzene rings is 2. The standard InChI is InChI=1S/C27H28N8O3/c1-4-24(36)31-18-6-5-7-20(12-18)35-25(37)16-29-21-15-30-27(33-26(21)35)32-19-8-9-22(23(13-19)38-3)34-11-10-28-14-17(34)2/h4-9,12-13,15-17,28H,1,10-11,14H2,2-3H3,(H,31,36)(H,30,32,33). The monoisotopic (exact) mass is 512 g/mol. The van der Waals surface area contributed by atoms with Gasteiger partial charge in [0.2, 0.25) is 11.9 Å². The van der Waals surface area contributed by atoms with E-state index in [-0.39, 0.29) is 11.5 Å². The Balaban J connectivity index is 1.49. The largest absolute Gasteiger partial charge is 0.495 e. The molecule has 3 heterocycles. The van der Waals surface area contributed by atoms with Crippen molar-refractivity contribution in [1.82, 2.24) is 24.8 Å². The number of nitrogens with zero attached hydrogens (tertiary/aromatic N) is 5. The molecule has 194 valence electrons. The zero-order chi connectivity index (χ0) is 26.6. The lowest BCUT2D eigenvalue weighted by Gasteiger charge is -2.36. The van der Waals surface area contributed by atoms with Gasteiger partial charge in [0.25, 0.3) is 5.56 Å². The van der Waals surface area contributed by atoms with Crippen molar-refractivity contribution in [2.75, 3.05) is 42.3 Å². The molecule has 1 aliphatic rings. The lowest BCUT2D eigenvalue weighted by atomic mass is 10.1. The Hall–Kier alpha value is -4.77. The highest BCUT2D eigenvalue weighted by Gasteiger charge is 2.21. The summed E-state index contributed by atoms with van der Waals surface area (Å²) in [7, 11) is 1.65. The maximum atomic E-state index is 12.9. The molecule has 0 bridgehead atoms. The van der Waals surface area contributed by atoms with E-state index in [9.17, 15) is 9.59 Å². The number of carbonyl (C=O) groups is 1. The second-order valence-corrected chi connectivity index (χ2v) is 8.84. The van der Waals surface area contributed by atoms with Gasteiger partial charge in [0.05, 0.1) is 30.9 Å². The fraction of sp³-hybridized carbons (Fsp3) is 0.222. The molecule has 2 aromatic heterocycles. The van der Waals surface area contributed by atoms with Crippen LogP contribution in [0, 0.1) is 0 Å². The maximum absolute atomic E-state index is 12.9. The smallest absolute Gasteiger partial charge is 0.275 e. The minimum absolute atomic E-state index is 0.292. The average molecular weight is 513 g/mol. The Morgan fingerprint density at radius 1 is 1.18 bits per heavy atom. The first-order valence-corrected chi connectivity index (χ1v) is 12.2. The van der Waals surface area contributed by atoms with E-state index in [1.165, 1.54) is 16.8 Å². The molecule has 4 aromatic rings. The number of piperazine rings is 1. The number of methoxy groups -OCH3 is 1. The highest BCUT2D eigenvalue weighted by Crippen LogP contribution is 2.33. The van der Waals surface area contributed by atoms with Crippen LogP contribution in [0.5, 0.6) is 5.75 Å². The summed E-state index contributed by atoms with van der Waals surface area (Å²) in [6, 6.07) is 13.1. The van der Waals surface area contributed by atoms with Crippen molar-refractivity contribution in [3.63, 3.8) is 0 Å². The van der Waals surface area contributed by atoms with E-state index in [0.29, 0.717) is 34.5 Å². The molecule has 5 rings (SSSR count). The van der Waals surface area contributed by atoms with Crippen molar-refractivity contribution < 1.29 is 9.53 Å². The molecule has 1 saturated heterocycles. The molecule has 38 heavy (non-hydrogen) atoms. The van der Waals surface area contributed by atoms with Crippen molar-refractivity contribution in [3.05, 3.63) is 77.9 Å². The highest BCUT2D eigenvalue weighted by atomic mass is 16.5. The number of carbonyl (C=O) groups excluding carboxylic acids is 1. The first kappa shape index (κ1) is 24.9. The zero-order valence-corrected chi connectivity index (χ0v) is 21.1. The van der Waals surface area contributed by atoms with E-state index in [2.05, 4.69) is 49.3 Å². The molecule has 1 unspecified atom stereocenters. The van der Waals surface area contributed by atoms with Gasteiger partial charge in [0, 0.05) is 43.1 Å². The van der Waals surface area contributed by atoms with Gasteiger partial charge in [0.1, 0.15) is 11.3 Å². The highest BCUT2D eigenvalue weighted by molar-refractivity contribution is 5.99. The predicted octanol–water partition coefficient (Wildman–Crippen LogP) is 2.85. The van der Waals surface area contributed by atoms with Gasteiger partial charge >= 0.3 is 0 Å². The molecular weight excluding hydrogens is 484 g/mol. The minimum Gasteiger partial charge on any atom is -0.495 e. The van der Waals surface area contributed by atoms with Crippen LogP contribution < -0.4 is 31.1 Å². The van der Waals surface area contributed by atoms with E-state index in [1.807, 2.05) is 18.2 Å². The normalized spacial score (nSPS) is 15.2. The Morgan fingerprint density at radius 2 is 2.05 bits per heavy atom. The van der Waals surface area contributed by atoms with Gasteiger partial charge in [-0.05, 0) is 43.3 Å². The summed E-state index contributed by atoms with van der Waals surface area (Å²) >= 11 is 0. The van der Waals surface area contributed by atoms with E-state index in [0.717, 1.165) is 36.8 Å². The summed E-state index contributed by atoms with van der Waals surface area (Å²) in [5.41, 5.74) is 3.18. The SMILES string of the molecule is C=CC(=O)Nc1cccc(-n2c(=O)cnc3cnc(Nc4ccc(N5CCNCC5C)c(OC)c4)nc32)c1. The van der Waals surface area contributed by atoms with Crippen LogP contribution in [0.2, 0.25) is 0 Å². The number of amides is 1. The number of nitrogens with one attached hydrogen (secondary N) is 3. The number of aromatic nitrogens is 4. The Kier molecular flexibility index (Phi) is 7.00.